The maximum atomic E-state index is 7.33. The van der Waals surface area contributed by atoms with Crippen molar-refractivity contribution in [2.75, 3.05) is 6.35 Å². The minimum atomic E-state index is -3.28. The quantitative estimate of drug-likeness (QED) is 0.620. The van der Waals surface area contributed by atoms with Gasteiger partial charge in [0.05, 0.1) is 0 Å². The Kier molecular flexibility index (Phi) is 4.47. The second-order valence-electron chi connectivity index (χ2n) is 7.85. The van der Waals surface area contributed by atoms with Crippen LogP contribution >= 0.6 is 6.83 Å². The summed E-state index contributed by atoms with van der Waals surface area (Å²) >= 11 is 0. The standard InChI is InChI=1S/C24H27O2P/c1-20-24(2,3)26-27(19-25-20,21-13-7-4-8-14-21,22-15-9-5-10-16-22)23-17-11-6-12-18-23/h4-18,20H,19H2,1-3H3. The van der Waals surface area contributed by atoms with E-state index in [9.17, 15) is 0 Å². The molecule has 1 saturated heterocycles. The summed E-state index contributed by atoms with van der Waals surface area (Å²) in [4.78, 5) is 0. The van der Waals surface area contributed by atoms with E-state index >= 15 is 0 Å². The van der Waals surface area contributed by atoms with E-state index in [0.29, 0.717) is 6.35 Å². The number of benzene rings is 3. The van der Waals surface area contributed by atoms with Crippen molar-refractivity contribution in [3.8, 4) is 0 Å². The van der Waals surface area contributed by atoms with Gasteiger partial charge in [-0.05, 0) is 0 Å². The van der Waals surface area contributed by atoms with Crippen molar-refractivity contribution in [2.45, 2.75) is 32.5 Å². The molecule has 0 radical (unpaired) electrons. The fourth-order valence-corrected chi connectivity index (χ4v) is 9.95. The SMILES string of the molecule is CC1OCP(c2ccccc2)(c2ccccc2)(c2ccccc2)OC1(C)C. The van der Waals surface area contributed by atoms with Crippen LogP contribution in [0.15, 0.2) is 91.0 Å². The predicted molar refractivity (Wildman–Crippen MR) is 116 cm³/mol. The van der Waals surface area contributed by atoms with Gasteiger partial charge in [0.1, 0.15) is 0 Å². The number of hydrogen-bond acceptors (Lipinski definition) is 2. The molecule has 0 N–H and O–H groups in total. The first-order valence-corrected chi connectivity index (χ1v) is 11.8. The van der Waals surface area contributed by atoms with Crippen LogP contribution < -0.4 is 15.9 Å². The third-order valence-corrected chi connectivity index (χ3v) is 11.6. The molecule has 0 aromatic heterocycles. The van der Waals surface area contributed by atoms with Crippen LogP contribution in [0.3, 0.4) is 0 Å². The number of hydrogen-bond donors (Lipinski definition) is 0. The fourth-order valence-electron chi connectivity index (χ4n) is 4.13. The Hall–Kier alpha value is -1.99. The van der Waals surface area contributed by atoms with Gasteiger partial charge in [-0.1, -0.05) is 0 Å². The van der Waals surface area contributed by atoms with E-state index in [-0.39, 0.29) is 6.10 Å². The molecular formula is C24H27O2P. The van der Waals surface area contributed by atoms with Crippen LogP contribution in [0, 0.1) is 0 Å². The van der Waals surface area contributed by atoms with E-state index in [0.717, 1.165) is 0 Å². The molecule has 0 saturated carbocycles. The van der Waals surface area contributed by atoms with E-state index < -0.39 is 12.4 Å². The molecule has 1 aliphatic heterocycles. The predicted octanol–water partition coefficient (Wildman–Crippen LogP) is 4.60. The van der Waals surface area contributed by atoms with Gasteiger partial charge in [-0.3, -0.25) is 0 Å². The van der Waals surface area contributed by atoms with Crippen molar-refractivity contribution in [1.82, 2.24) is 0 Å². The van der Waals surface area contributed by atoms with E-state index in [1.807, 2.05) is 0 Å². The summed E-state index contributed by atoms with van der Waals surface area (Å²) in [5.41, 5.74) is -0.419. The van der Waals surface area contributed by atoms with Gasteiger partial charge in [0.15, 0.2) is 0 Å². The second-order valence-corrected chi connectivity index (χ2v) is 12.3. The maximum absolute atomic E-state index is 7.33. The van der Waals surface area contributed by atoms with Crippen molar-refractivity contribution in [3.63, 3.8) is 0 Å². The van der Waals surface area contributed by atoms with Crippen LogP contribution in [0.5, 0.6) is 0 Å². The van der Waals surface area contributed by atoms with Crippen LogP contribution in [0.1, 0.15) is 20.8 Å². The van der Waals surface area contributed by atoms with Crippen LogP contribution in [-0.2, 0) is 9.26 Å². The van der Waals surface area contributed by atoms with E-state index in [2.05, 4.69) is 112 Å². The molecule has 1 heterocycles. The number of ether oxygens (including phenoxy) is 1. The van der Waals surface area contributed by atoms with Gasteiger partial charge in [0.25, 0.3) is 0 Å². The number of rotatable bonds is 3. The molecule has 0 amide bonds. The molecule has 1 atom stereocenters. The van der Waals surface area contributed by atoms with Crippen molar-refractivity contribution < 1.29 is 9.26 Å². The van der Waals surface area contributed by atoms with Crippen molar-refractivity contribution in [2.24, 2.45) is 0 Å². The van der Waals surface area contributed by atoms with Crippen molar-refractivity contribution in [3.05, 3.63) is 91.0 Å². The summed E-state index contributed by atoms with van der Waals surface area (Å²) in [5, 5.41) is 3.63. The molecule has 1 unspecified atom stereocenters. The van der Waals surface area contributed by atoms with Crippen LogP contribution in [0.4, 0.5) is 0 Å². The summed E-state index contributed by atoms with van der Waals surface area (Å²) in [7, 11) is 0. The molecule has 27 heavy (non-hydrogen) atoms. The zero-order valence-corrected chi connectivity index (χ0v) is 17.1. The van der Waals surface area contributed by atoms with Gasteiger partial charge >= 0.3 is 162 Å². The van der Waals surface area contributed by atoms with Crippen LogP contribution in [0.25, 0.3) is 0 Å². The van der Waals surface area contributed by atoms with Gasteiger partial charge < -0.3 is 0 Å². The molecule has 4 rings (SSSR count). The van der Waals surface area contributed by atoms with E-state index in [1.54, 1.807) is 0 Å². The first kappa shape index (κ1) is 18.4. The fraction of sp³-hybridized carbons (Fsp3) is 0.250. The molecule has 1 fully saturated rings. The molecule has 3 aromatic carbocycles. The molecule has 0 spiro atoms. The molecule has 0 aliphatic carbocycles. The topological polar surface area (TPSA) is 18.5 Å². The average molecular weight is 378 g/mol. The Morgan fingerprint density at radius 1 is 0.704 bits per heavy atom. The van der Waals surface area contributed by atoms with Gasteiger partial charge in [0, 0.05) is 0 Å². The second kappa shape index (κ2) is 6.56. The summed E-state index contributed by atoms with van der Waals surface area (Å²) in [6.45, 7) is 3.12. The van der Waals surface area contributed by atoms with Crippen LogP contribution in [-0.4, -0.2) is 18.1 Å². The molecule has 0 bridgehead atoms. The van der Waals surface area contributed by atoms with E-state index in [4.69, 9.17) is 9.26 Å². The van der Waals surface area contributed by atoms with Crippen molar-refractivity contribution in [1.29, 1.82) is 0 Å². The average Bonchev–Trinajstić information content (AvgIpc) is 2.72. The first-order valence-electron chi connectivity index (χ1n) is 9.50. The Bertz CT molecular complexity index is 807. The summed E-state index contributed by atoms with van der Waals surface area (Å²) in [5.74, 6) is 0. The van der Waals surface area contributed by atoms with Gasteiger partial charge in [0.2, 0.25) is 0 Å². The molecule has 2 nitrogen and oxygen atoms in total. The van der Waals surface area contributed by atoms with Gasteiger partial charge in [-0.15, -0.1) is 0 Å². The minimum absolute atomic E-state index is 0.0175. The monoisotopic (exact) mass is 378 g/mol. The zero-order chi connectivity index (χ0) is 19.0. The summed E-state index contributed by atoms with van der Waals surface area (Å²) in [6.07, 6.45) is 0.567. The summed E-state index contributed by atoms with van der Waals surface area (Å²) < 4.78 is 13.8. The summed E-state index contributed by atoms with van der Waals surface area (Å²) in [6, 6.07) is 32.0. The molecule has 3 aromatic rings. The Balaban J connectivity index is 2.14. The third kappa shape index (κ3) is 2.67. The molecule has 140 valence electrons. The Morgan fingerprint density at radius 2 is 1.07 bits per heavy atom. The normalized spacial score (nSPS) is 24.4. The molecule has 1 aliphatic rings. The molecular weight excluding hydrogens is 351 g/mol. The van der Waals surface area contributed by atoms with E-state index in [1.165, 1.54) is 15.9 Å². The Morgan fingerprint density at radius 3 is 1.41 bits per heavy atom. The zero-order valence-electron chi connectivity index (χ0n) is 16.2. The Labute approximate surface area is 162 Å². The van der Waals surface area contributed by atoms with Crippen LogP contribution in [0.2, 0.25) is 0 Å². The third-order valence-electron chi connectivity index (χ3n) is 5.89. The van der Waals surface area contributed by atoms with Gasteiger partial charge in [-0.2, -0.15) is 0 Å². The van der Waals surface area contributed by atoms with Gasteiger partial charge in [-0.25, -0.2) is 0 Å². The van der Waals surface area contributed by atoms with Crippen molar-refractivity contribution >= 4 is 22.7 Å². The first-order chi connectivity index (χ1) is 13.0. The molecule has 3 heteroatoms.